The molecule has 1 aliphatic heterocycles. The quantitative estimate of drug-likeness (QED) is 0.475. The van der Waals surface area contributed by atoms with Gasteiger partial charge in [-0.3, -0.25) is 4.79 Å². The molecule has 0 spiro atoms. The number of allylic oxidation sites excluding steroid dienone is 1. The highest BCUT2D eigenvalue weighted by atomic mass is 19.1. The van der Waals surface area contributed by atoms with Crippen molar-refractivity contribution < 1.29 is 13.9 Å². The molecule has 0 unspecified atom stereocenters. The van der Waals surface area contributed by atoms with E-state index in [9.17, 15) is 9.18 Å². The maximum absolute atomic E-state index is 14.7. The number of ether oxygens (including phenoxy) is 1. The average molecular weight is 401 g/mol. The summed E-state index contributed by atoms with van der Waals surface area (Å²) in [5.74, 6) is -0.00369. The lowest BCUT2D eigenvalue weighted by Crippen LogP contribution is -2.06. The number of hydrogen-bond acceptors (Lipinski definition) is 2. The fourth-order valence-electron chi connectivity index (χ4n) is 3.98. The Morgan fingerprint density at radius 1 is 1.03 bits per heavy atom. The van der Waals surface area contributed by atoms with Crippen molar-refractivity contribution in [1.29, 1.82) is 0 Å². The molecule has 1 amide bonds. The SMILES string of the molecule is CCCC/C(=C1\C(=O)Nc2ccc(-c3c(F)cccc3OC)cc21)c1ccccc1. The van der Waals surface area contributed by atoms with Crippen LogP contribution in [0.1, 0.15) is 37.3 Å². The molecule has 30 heavy (non-hydrogen) atoms. The van der Waals surface area contributed by atoms with Crippen LogP contribution in [0.25, 0.3) is 22.3 Å². The highest BCUT2D eigenvalue weighted by molar-refractivity contribution is 6.37. The molecule has 0 bridgehead atoms. The third-order valence-corrected chi connectivity index (χ3v) is 5.45. The van der Waals surface area contributed by atoms with Crippen LogP contribution in [-0.4, -0.2) is 13.0 Å². The Morgan fingerprint density at radius 2 is 1.83 bits per heavy atom. The van der Waals surface area contributed by atoms with Crippen LogP contribution in [0, 0.1) is 5.82 Å². The molecule has 0 fully saturated rings. The smallest absolute Gasteiger partial charge is 0.256 e. The summed E-state index contributed by atoms with van der Waals surface area (Å²) in [6, 6.07) is 20.3. The number of anilines is 1. The number of methoxy groups -OCH3 is 1. The molecule has 3 aromatic rings. The van der Waals surface area contributed by atoms with E-state index >= 15 is 0 Å². The van der Waals surface area contributed by atoms with E-state index in [0.29, 0.717) is 22.4 Å². The number of benzene rings is 3. The fourth-order valence-corrected chi connectivity index (χ4v) is 3.98. The minimum atomic E-state index is -0.355. The van der Waals surface area contributed by atoms with E-state index in [1.54, 1.807) is 12.1 Å². The molecule has 1 N–H and O–H groups in total. The summed E-state index contributed by atoms with van der Waals surface area (Å²) in [6.45, 7) is 2.14. The first-order chi connectivity index (χ1) is 14.6. The number of rotatable bonds is 6. The van der Waals surface area contributed by atoms with Crippen molar-refractivity contribution in [1.82, 2.24) is 0 Å². The van der Waals surface area contributed by atoms with Crippen molar-refractivity contribution in [2.75, 3.05) is 12.4 Å². The molecule has 3 aromatic carbocycles. The number of carbonyl (C=O) groups excluding carboxylic acids is 1. The standard InChI is InChI=1S/C26H24FNO2/c1-3-4-11-19(17-9-6-5-7-10-17)25-20-16-18(14-15-22(20)28-26(25)29)24-21(27)12-8-13-23(24)30-2/h5-10,12-16H,3-4,11H2,1-2H3,(H,28,29)/b25-19+. The lowest BCUT2D eigenvalue weighted by atomic mass is 9.90. The molecule has 0 atom stereocenters. The van der Waals surface area contributed by atoms with Gasteiger partial charge in [-0.1, -0.05) is 55.8 Å². The van der Waals surface area contributed by atoms with Crippen molar-refractivity contribution in [3.05, 3.63) is 83.7 Å². The van der Waals surface area contributed by atoms with Gasteiger partial charge < -0.3 is 10.1 Å². The molecule has 0 radical (unpaired) electrons. The number of unbranched alkanes of at least 4 members (excludes halogenated alkanes) is 1. The van der Waals surface area contributed by atoms with Crippen LogP contribution < -0.4 is 10.1 Å². The topological polar surface area (TPSA) is 38.3 Å². The predicted octanol–water partition coefficient (Wildman–Crippen LogP) is 6.55. The number of halogens is 1. The maximum Gasteiger partial charge on any atom is 0.256 e. The second kappa shape index (κ2) is 8.54. The monoisotopic (exact) mass is 401 g/mol. The summed E-state index contributed by atoms with van der Waals surface area (Å²) in [5, 5.41) is 2.97. The summed E-state index contributed by atoms with van der Waals surface area (Å²) >= 11 is 0. The van der Waals surface area contributed by atoms with Crippen LogP contribution in [-0.2, 0) is 4.79 Å². The average Bonchev–Trinajstić information content (AvgIpc) is 3.09. The number of hydrogen-bond donors (Lipinski definition) is 1. The largest absolute Gasteiger partial charge is 0.496 e. The molecule has 4 heteroatoms. The summed E-state index contributed by atoms with van der Waals surface area (Å²) < 4.78 is 20.0. The Hall–Kier alpha value is -3.40. The van der Waals surface area contributed by atoms with Crippen molar-refractivity contribution in [2.24, 2.45) is 0 Å². The van der Waals surface area contributed by atoms with Crippen LogP contribution >= 0.6 is 0 Å². The van der Waals surface area contributed by atoms with Crippen LogP contribution in [0.15, 0.2) is 66.7 Å². The maximum atomic E-state index is 14.7. The van der Waals surface area contributed by atoms with E-state index < -0.39 is 0 Å². The van der Waals surface area contributed by atoms with Crippen LogP contribution in [0.5, 0.6) is 5.75 Å². The normalized spacial score (nSPS) is 14.3. The third-order valence-electron chi connectivity index (χ3n) is 5.45. The van der Waals surface area contributed by atoms with E-state index in [1.807, 2.05) is 48.5 Å². The molecule has 0 saturated heterocycles. The van der Waals surface area contributed by atoms with Gasteiger partial charge in [-0.2, -0.15) is 0 Å². The fraction of sp³-hybridized carbons (Fsp3) is 0.192. The predicted molar refractivity (Wildman–Crippen MR) is 120 cm³/mol. The Balaban J connectivity index is 1.92. The summed E-state index contributed by atoms with van der Waals surface area (Å²) in [4.78, 5) is 13.0. The Morgan fingerprint density at radius 3 is 2.57 bits per heavy atom. The summed E-state index contributed by atoms with van der Waals surface area (Å²) in [6.07, 6.45) is 2.82. The Kier molecular flexibility index (Phi) is 5.66. The van der Waals surface area contributed by atoms with Crippen LogP contribution in [0.4, 0.5) is 10.1 Å². The van der Waals surface area contributed by atoms with E-state index in [4.69, 9.17) is 4.74 Å². The van der Waals surface area contributed by atoms with E-state index in [2.05, 4.69) is 12.2 Å². The molecular formula is C26H24FNO2. The van der Waals surface area contributed by atoms with E-state index in [0.717, 1.165) is 41.6 Å². The highest BCUT2D eigenvalue weighted by Crippen LogP contribution is 2.42. The van der Waals surface area contributed by atoms with E-state index in [-0.39, 0.29) is 11.7 Å². The molecule has 4 rings (SSSR count). The van der Waals surface area contributed by atoms with Crippen molar-refractivity contribution in [2.45, 2.75) is 26.2 Å². The van der Waals surface area contributed by atoms with Crippen molar-refractivity contribution in [3.8, 4) is 16.9 Å². The molecule has 152 valence electrons. The molecule has 1 aliphatic rings. The lowest BCUT2D eigenvalue weighted by Gasteiger charge is -2.13. The van der Waals surface area contributed by atoms with Gasteiger partial charge in [0.15, 0.2) is 0 Å². The first-order valence-corrected chi connectivity index (χ1v) is 10.2. The number of nitrogens with one attached hydrogen (secondary N) is 1. The zero-order valence-electron chi connectivity index (χ0n) is 17.2. The zero-order chi connectivity index (χ0) is 21.1. The van der Waals surface area contributed by atoms with Gasteiger partial charge in [0.1, 0.15) is 11.6 Å². The van der Waals surface area contributed by atoms with Gasteiger partial charge in [-0.25, -0.2) is 4.39 Å². The number of carbonyl (C=O) groups is 1. The summed E-state index contributed by atoms with van der Waals surface area (Å²) in [5.41, 5.74) is 5.36. The molecule has 1 heterocycles. The first kappa shape index (κ1) is 19.9. The van der Waals surface area contributed by atoms with Gasteiger partial charge in [0.25, 0.3) is 5.91 Å². The van der Waals surface area contributed by atoms with Gasteiger partial charge in [0, 0.05) is 11.3 Å². The number of fused-ring (bicyclic) bond motifs is 1. The Bertz CT molecular complexity index is 1120. The molecule has 0 aliphatic carbocycles. The van der Waals surface area contributed by atoms with Gasteiger partial charge in [-0.15, -0.1) is 0 Å². The minimum absolute atomic E-state index is 0.113. The van der Waals surface area contributed by atoms with Gasteiger partial charge in [0.05, 0.1) is 18.2 Å². The molecule has 3 nitrogen and oxygen atoms in total. The van der Waals surface area contributed by atoms with Crippen LogP contribution in [0.3, 0.4) is 0 Å². The Labute approximate surface area is 176 Å². The van der Waals surface area contributed by atoms with Gasteiger partial charge >= 0.3 is 0 Å². The number of amides is 1. The molecular weight excluding hydrogens is 377 g/mol. The van der Waals surface area contributed by atoms with Gasteiger partial charge in [-0.05, 0) is 53.8 Å². The van der Waals surface area contributed by atoms with Crippen LogP contribution in [0.2, 0.25) is 0 Å². The molecule has 0 aromatic heterocycles. The minimum Gasteiger partial charge on any atom is -0.496 e. The first-order valence-electron chi connectivity index (χ1n) is 10.2. The van der Waals surface area contributed by atoms with E-state index in [1.165, 1.54) is 13.2 Å². The second-order valence-electron chi connectivity index (χ2n) is 7.35. The third kappa shape index (κ3) is 3.61. The summed E-state index contributed by atoms with van der Waals surface area (Å²) in [7, 11) is 1.53. The van der Waals surface area contributed by atoms with Crippen molar-refractivity contribution in [3.63, 3.8) is 0 Å². The second-order valence-corrected chi connectivity index (χ2v) is 7.35. The molecule has 0 saturated carbocycles. The highest BCUT2D eigenvalue weighted by Gasteiger charge is 2.28. The lowest BCUT2D eigenvalue weighted by molar-refractivity contribution is -0.110. The van der Waals surface area contributed by atoms with Gasteiger partial charge in [0.2, 0.25) is 0 Å². The zero-order valence-corrected chi connectivity index (χ0v) is 17.2. The van der Waals surface area contributed by atoms with Crippen molar-refractivity contribution >= 4 is 22.7 Å².